The van der Waals surface area contributed by atoms with Crippen molar-refractivity contribution in [2.24, 2.45) is 11.8 Å². The van der Waals surface area contributed by atoms with Gasteiger partial charge in [-0.2, -0.15) is 0 Å². The second kappa shape index (κ2) is 8.63. The summed E-state index contributed by atoms with van der Waals surface area (Å²) in [5.74, 6) is 2.76. The molecule has 32 heavy (non-hydrogen) atoms. The predicted octanol–water partition coefficient (Wildman–Crippen LogP) is 2.81. The maximum atomic E-state index is 12.1. The van der Waals surface area contributed by atoms with E-state index in [1.807, 2.05) is 37.3 Å². The van der Waals surface area contributed by atoms with E-state index in [4.69, 9.17) is 14.0 Å². The minimum atomic E-state index is 0.0825. The molecular weight excluding hydrogens is 408 g/mol. The van der Waals surface area contributed by atoms with E-state index in [2.05, 4.69) is 26.4 Å². The number of ether oxygens (including phenoxy) is 2. The molecule has 1 aromatic carbocycles. The van der Waals surface area contributed by atoms with Gasteiger partial charge in [-0.15, -0.1) is 0 Å². The molecule has 5 rings (SSSR count). The molecule has 2 fully saturated rings. The van der Waals surface area contributed by atoms with Crippen LogP contribution in [0.5, 0.6) is 11.6 Å². The van der Waals surface area contributed by atoms with Gasteiger partial charge < -0.3 is 19.3 Å². The fourth-order valence-corrected chi connectivity index (χ4v) is 4.62. The van der Waals surface area contributed by atoms with Gasteiger partial charge in [-0.05, 0) is 36.8 Å². The zero-order valence-corrected chi connectivity index (χ0v) is 18.2. The Kier molecular flexibility index (Phi) is 5.53. The van der Waals surface area contributed by atoms with E-state index in [1.54, 1.807) is 13.3 Å². The first kappa shape index (κ1) is 20.5. The molecule has 4 heterocycles. The summed E-state index contributed by atoms with van der Waals surface area (Å²) in [6, 6.07) is 11.9. The standard InChI is InChI=1S/C24H26N4O4/c1-15-8-19(27-32-15)14-31-22-6-5-16(20-4-3-7-25-24(20)30-2)9-17(22)11-28-12-18-10-26-23(29)21(18)13-28/h3-9,18,21H,10-14H2,1-2H3,(H,26,29)/t18-,21+/m0/s1. The molecule has 0 spiro atoms. The number of hydrogen-bond acceptors (Lipinski definition) is 7. The highest BCUT2D eigenvalue weighted by Gasteiger charge is 2.41. The van der Waals surface area contributed by atoms with Gasteiger partial charge in [0.2, 0.25) is 11.8 Å². The summed E-state index contributed by atoms with van der Waals surface area (Å²) < 4.78 is 16.7. The van der Waals surface area contributed by atoms with Gasteiger partial charge in [0.15, 0.2) is 0 Å². The molecule has 0 radical (unpaired) electrons. The number of pyridine rings is 1. The minimum absolute atomic E-state index is 0.0825. The van der Waals surface area contributed by atoms with Gasteiger partial charge in [-0.3, -0.25) is 9.69 Å². The number of nitrogens with one attached hydrogen (secondary N) is 1. The van der Waals surface area contributed by atoms with Gasteiger partial charge in [0.1, 0.15) is 23.8 Å². The lowest BCUT2D eigenvalue weighted by atomic mass is 10.0. The van der Waals surface area contributed by atoms with E-state index in [0.717, 1.165) is 53.5 Å². The Morgan fingerprint density at radius 1 is 1.25 bits per heavy atom. The van der Waals surface area contributed by atoms with Crippen molar-refractivity contribution < 1.29 is 18.8 Å². The summed E-state index contributed by atoms with van der Waals surface area (Å²) in [4.78, 5) is 18.8. The maximum absolute atomic E-state index is 12.1. The number of fused-ring (bicyclic) bond motifs is 1. The second-order valence-corrected chi connectivity index (χ2v) is 8.41. The van der Waals surface area contributed by atoms with Crippen molar-refractivity contribution in [2.75, 3.05) is 26.7 Å². The third-order valence-electron chi connectivity index (χ3n) is 6.17. The number of benzene rings is 1. The van der Waals surface area contributed by atoms with Crippen LogP contribution < -0.4 is 14.8 Å². The van der Waals surface area contributed by atoms with E-state index in [9.17, 15) is 4.79 Å². The number of carbonyl (C=O) groups is 1. The normalized spacial score (nSPS) is 20.2. The maximum Gasteiger partial charge on any atom is 0.224 e. The lowest BCUT2D eigenvalue weighted by Gasteiger charge is -2.20. The van der Waals surface area contributed by atoms with Crippen LogP contribution in [0.1, 0.15) is 17.0 Å². The quantitative estimate of drug-likeness (QED) is 0.612. The zero-order chi connectivity index (χ0) is 22.1. The van der Waals surface area contributed by atoms with Crippen LogP contribution in [-0.2, 0) is 17.9 Å². The van der Waals surface area contributed by atoms with Crippen LogP contribution in [-0.4, -0.2) is 47.7 Å². The lowest BCUT2D eigenvalue weighted by molar-refractivity contribution is -0.122. The Morgan fingerprint density at radius 2 is 2.16 bits per heavy atom. The summed E-state index contributed by atoms with van der Waals surface area (Å²) in [6.45, 7) is 5.31. The van der Waals surface area contributed by atoms with Gasteiger partial charge in [0, 0.05) is 55.5 Å². The Hall–Kier alpha value is -3.39. The Labute approximate surface area is 186 Å². The van der Waals surface area contributed by atoms with Crippen molar-refractivity contribution in [1.29, 1.82) is 0 Å². The Bertz CT molecular complexity index is 1130. The van der Waals surface area contributed by atoms with Gasteiger partial charge in [-0.1, -0.05) is 11.2 Å². The van der Waals surface area contributed by atoms with Crippen LogP contribution in [0.4, 0.5) is 0 Å². The van der Waals surface area contributed by atoms with Gasteiger partial charge in [-0.25, -0.2) is 4.98 Å². The summed E-state index contributed by atoms with van der Waals surface area (Å²) >= 11 is 0. The van der Waals surface area contributed by atoms with E-state index in [1.165, 1.54) is 0 Å². The number of methoxy groups -OCH3 is 1. The van der Waals surface area contributed by atoms with E-state index in [0.29, 0.717) is 24.9 Å². The summed E-state index contributed by atoms with van der Waals surface area (Å²) in [5, 5.41) is 6.99. The third-order valence-corrected chi connectivity index (χ3v) is 6.17. The number of likely N-dealkylation sites (tertiary alicyclic amines) is 1. The van der Waals surface area contributed by atoms with Crippen LogP contribution in [0, 0.1) is 18.8 Å². The molecule has 1 amide bonds. The summed E-state index contributed by atoms with van der Waals surface area (Å²) in [5.41, 5.74) is 3.73. The van der Waals surface area contributed by atoms with Crippen molar-refractivity contribution >= 4 is 5.91 Å². The number of amides is 1. The highest BCUT2D eigenvalue weighted by molar-refractivity contribution is 5.81. The van der Waals surface area contributed by atoms with E-state index < -0.39 is 0 Å². The number of nitrogens with zero attached hydrogens (tertiary/aromatic N) is 3. The first-order valence-corrected chi connectivity index (χ1v) is 10.8. The van der Waals surface area contributed by atoms with Gasteiger partial charge in [0.25, 0.3) is 0 Å². The van der Waals surface area contributed by atoms with Crippen LogP contribution >= 0.6 is 0 Å². The molecule has 2 aliphatic heterocycles. The Balaban J connectivity index is 1.42. The first-order chi connectivity index (χ1) is 15.6. The minimum Gasteiger partial charge on any atom is -0.487 e. The van der Waals surface area contributed by atoms with Crippen molar-refractivity contribution in [3.05, 3.63) is 59.6 Å². The molecule has 0 unspecified atom stereocenters. The van der Waals surface area contributed by atoms with Crippen LogP contribution in [0.25, 0.3) is 11.1 Å². The number of hydrogen-bond donors (Lipinski definition) is 1. The molecule has 3 aromatic rings. The van der Waals surface area contributed by atoms with Crippen molar-refractivity contribution in [3.63, 3.8) is 0 Å². The van der Waals surface area contributed by atoms with Crippen LogP contribution in [0.3, 0.4) is 0 Å². The van der Waals surface area contributed by atoms with Crippen LogP contribution in [0.2, 0.25) is 0 Å². The topological polar surface area (TPSA) is 89.7 Å². The molecule has 8 nitrogen and oxygen atoms in total. The molecule has 2 atom stereocenters. The highest BCUT2D eigenvalue weighted by atomic mass is 16.5. The molecule has 1 N–H and O–H groups in total. The van der Waals surface area contributed by atoms with E-state index in [-0.39, 0.29) is 11.8 Å². The average molecular weight is 434 g/mol. The van der Waals surface area contributed by atoms with E-state index >= 15 is 0 Å². The van der Waals surface area contributed by atoms with Crippen LogP contribution in [0.15, 0.2) is 47.1 Å². The molecule has 2 saturated heterocycles. The fourth-order valence-electron chi connectivity index (χ4n) is 4.62. The largest absolute Gasteiger partial charge is 0.487 e. The van der Waals surface area contributed by atoms with Crippen molar-refractivity contribution in [1.82, 2.24) is 20.4 Å². The van der Waals surface area contributed by atoms with Crippen molar-refractivity contribution in [3.8, 4) is 22.8 Å². The molecule has 0 bridgehead atoms. The lowest BCUT2D eigenvalue weighted by Crippen LogP contribution is -2.28. The Morgan fingerprint density at radius 3 is 2.94 bits per heavy atom. The smallest absolute Gasteiger partial charge is 0.224 e. The highest BCUT2D eigenvalue weighted by Crippen LogP contribution is 2.34. The molecule has 0 saturated carbocycles. The number of aryl methyl sites for hydroxylation is 1. The second-order valence-electron chi connectivity index (χ2n) is 8.41. The fraction of sp³-hybridized carbons (Fsp3) is 0.375. The number of rotatable bonds is 7. The molecule has 8 heteroatoms. The molecule has 0 aliphatic carbocycles. The SMILES string of the molecule is COc1ncccc1-c1ccc(OCc2cc(C)on2)c(CN2C[C@@H]3CNC(=O)[C@@H]3C2)c1. The monoisotopic (exact) mass is 434 g/mol. The number of carbonyl (C=O) groups excluding carboxylic acids is 1. The third kappa shape index (κ3) is 4.05. The van der Waals surface area contributed by atoms with Crippen molar-refractivity contribution in [2.45, 2.75) is 20.1 Å². The zero-order valence-electron chi connectivity index (χ0n) is 18.2. The average Bonchev–Trinajstić information content (AvgIpc) is 3.50. The predicted molar refractivity (Wildman–Crippen MR) is 117 cm³/mol. The summed E-state index contributed by atoms with van der Waals surface area (Å²) in [6.07, 6.45) is 1.72. The van der Waals surface area contributed by atoms with Gasteiger partial charge >= 0.3 is 0 Å². The molecule has 166 valence electrons. The van der Waals surface area contributed by atoms with Gasteiger partial charge in [0.05, 0.1) is 13.0 Å². The summed E-state index contributed by atoms with van der Waals surface area (Å²) in [7, 11) is 1.62. The molecule has 2 aromatic heterocycles. The number of aromatic nitrogens is 2. The molecule has 2 aliphatic rings. The molecular formula is C24H26N4O4. The first-order valence-electron chi connectivity index (χ1n) is 10.8.